The van der Waals surface area contributed by atoms with E-state index in [9.17, 15) is 4.79 Å². The Hall–Kier alpha value is -2.88. The van der Waals surface area contributed by atoms with E-state index in [1.807, 2.05) is 36.4 Å². The van der Waals surface area contributed by atoms with Crippen molar-refractivity contribution in [2.75, 3.05) is 0 Å². The Labute approximate surface area is 253 Å². The molecule has 1 aromatic heterocycles. The van der Waals surface area contributed by atoms with Gasteiger partial charge in [-0.05, 0) is 79.1 Å². The molecule has 6 heteroatoms. The van der Waals surface area contributed by atoms with Gasteiger partial charge in [-0.3, -0.25) is 9.78 Å². The number of benzene rings is 3. The van der Waals surface area contributed by atoms with Crippen molar-refractivity contribution in [1.82, 2.24) is 4.98 Å². The smallest absolute Gasteiger partial charge is 0.393 e. The van der Waals surface area contributed by atoms with Gasteiger partial charge in [-0.25, -0.2) is 4.39 Å². The monoisotopic (exact) mass is 718 g/mol. The van der Waals surface area contributed by atoms with E-state index < -0.39 is 6.10 Å². The van der Waals surface area contributed by atoms with Gasteiger partial charge in [0.1, 0.15) is 11.6 Å². The van der Waals surface area contributed by atoms with Crippen LogP contribution in [0.2, 0.25) is 0 Å². The fourth-order valence-corrected chi connectivity index (χ4v) is 5.66. The van der Waals surface area contributed by atoms with Gasteiger partial charge in [-0.1, -0.05) is 86.8 Å². The molecule has 0 spiro atoms. The molecule has 0 amide bonds. The number of ketones is 1. The molecule has 0 aliphatic heterocycles. The molecule has 1 heterocycles. The third-order valence-corrected chi connectivity index (χ3v) is 6.92. The van der Waals surface area contributed by atoms with E-state index in [1.54, 1.807) is 13.1 Å². The van der Waals surface area contributed by atoms with Gasteiger partial charge in [0.25, 0.3) is 0 Å². The maximum absolute atomic E-state index is 16.2. The minimum absolute atomic E-state index is 0. The van der Waals surface area contributed by atoms with Crippen molar-refractivity contribution >= 4 is 28.9 Å². The normalized spacial score (nSPS) is 11.2. The Kier molecular flexibility index (Phi) is 12.2. The van der Waals surface area contributed by atoms with Gasteiger partial charge in [0.05, 0.1) is 11.8 Å². The molecule has 0 bridgehead atoms. The molecule has 3 nitrogen and oxygen atoms in total. The molecule has 3 aromatic carbocycles. The van der Waals surface area contributed by atoms with Gasteiger partial charge in [-0.2, -0.15) is 0 Å². The number of hydrogen-bond acceptors (Lipinski definition) is 3. The average molecular weight is 719 g/mol. The Morgan fingerprint density at radius 3 is 1.73 bits per heavy atom. The van der Waals surface area contributed by atoms with Crippen LogP contribution in [0.15, 0.2) is 66.9 Å². The number of Topliss-reactive ketones (excluding diaryl/α,β-unsaturated/α-hetero) is 1. The Bertz CT molecular complexity index is 1370. The van der Waals surface area contributed by atoms with Crippen LogP contribution >= 0.6 is 0 Å². The number of carbonyl (C=O) groups is 1. The second-order valence-corrected chi connectivity index (χ2v) is 10.7. The summed E-state index contributed by atoms with van der Waals surface area (Å²) in [5.41, 5.74) is 11.5. The van der Waals surface area contributed by atoms with Crippen LogP contribution in [0.1, 0.15) is 53.6 Å². The van der Waals surface area contributed by atoms with Crippen LogP contribution in [-0.4, -0.2) is 28.7 Å². The number of carbonyl (C=O) groups excluding carboxylic acids is 1. The summed E-state index contributed by atoms with van der Waals surface area (Å²) in [5.74, 6) is -0.162. The topological polar surface area (TPSA) is 50.2 Å². The number of nitrogens with zero attached hydrogens (tertiary/aromatic N) is 1. The molecule has 1 atom stereocenters. The summed E-state index contributed by atoms with van der Waals surface area (Å²) in [4.78, 5) is 14.5. The molecule has 0 saturated heterocycles. The predicted molar refractivity (Wildman–Crippen MR) is 163 cm³/mol. The molecule has 40 heavy (non-hydrogen) atoms. The fraction of sp³-hybridized carbons (Fsp3) is 0.294. The second-order valence-electron chi connectivity index (χ2n) is 10.7. The number of pyridine rings is 1. The van der Waals surface area contributed by atoms with E-state index >= 15 is 4.39 Å². The quantitative estimate of drug-likeness (QED) is 0.265. The van der Waals surface area contributed by atoms with Gasteiger partial charge in [-0.15, -0.1) is 0 Å². The summed E-state index contributed by atoms with van der Waals surface area (Å²) >= 11 is 0. The zero-order valence-corrected chi connectivity index (χ0v) is 27.0. The zero-order valence-electron chi connectivity index (χ0n) is 24.7. The van der Waals surface area contributed by atoms with Crippen LogP contribution < -0.4 is 16.4 Å². The van der Waals surface area contributed by atoms with Gasteiger partial charge in [0.15, 0.2) is 0 Å². The number of aliphatic hydroxyl groups is 1. The number of aliphatic hydroxyl groups excluding tert-OH is 1. The minimum Gasteiger partial charge on any atom is -0.393 e. The van der Waals surface area contributed by atoms with Crippen LogP contribution in [0.5, 0.6) is 0 Å². The van der Waals surface area contributed by atoms with Gasteiger partial charge in [0, 0.05) is 18.2 Å². The minimum atomic E-state index is -0.475. The predicted octanol–water partition coefficient (Wildman–Crippen LogP) is 5.60. The molecule has 4 rings (SSSR count). The summed E-state index contributed by atoms with van der Waals surface area (Å²) in [6, 6.07) is 20.1. The van der Waals surface area contributed by atoms with Crippen molar-refractivity contribution in [2.45, 2.75) is 67.9 Å². The number of halogens is 1. The van der Waals surface area contributed by atoms with Crippen molar-refractivity contribution in [3.05, 3.63) is 106 Å². The van der Waals surface area contributed by atoms with Crippen molar-refractivity contribution in [2.24, 2.45) is 0 Å². The SMILES string of the molecule is CC(=O)CC(C)O.Cc1cc(C)c(B(c2cccc(-c3ccccn3)c2F)c2c(C)cc(C)cc2C)c(C)c1.[Pt+2]. The van der Waals surface area contributed by atoms with Crippen LogP contribution in [-0.2, 0) is 25.9 Å². The fourth-order valence-electron chi connectivity index (χ4n) is 5.66. The molecular formula is C34H39BFNO2Pt+2. The Balaban J connectivity index is 0.000000623. The summed E-state index contributed by atoms with van der Waals surface area (Å²) in [7, 11) is 0. The van der Waals surface area contributed by atoms with E-state index in [0.29, 0.717) is 16.7 Å². The van der Waals surface area contributed by atoms with Crippen LogP contribution in [0.4, 0.5) is 4.39 Å². The van der Waals surface area contributed by atoms with Crippen LogP contribution in [0.25, 0.3) is 11.3 Å². The molecule has 0 fully saturated rings. The average Bonchev–Trinajstić information content (AvgIpc) is 2.82. The first kappa shape index (κ1) is 33.3. The Morgan fingerprint density at radius 1 is 0.850 bits per heavy atom. The summed E-state index contributed by atoms with van der Waals surface area (Å²) < 4.78 is 16.2. The molecule has 210 valence electrons. The number of aromatic nitrogens is 1. The van der Waals surface area contributed by atoms with E-state index in [4.69, 9.17) is 5.11 Å². The van der Waals surface area contributed by atoms with Gasteiger partial charge < -0.3 is 5.11 Å². The molecule has 1 N–H and O–H groups in total. The second kappa shape index (κ2) is 14.7. The molecule has 0 aliphatic carbocycles. The maximum Gasteiger partial charge on any atom is 2.00 e. The summed E-state index contributed by atoms with van der Waals surface area (Å²) in [6.45, 7) is 15.7. The molecular weight excluding hydrogens is 679 g/mol. The molecule has 4 aromatic rings. The standard InChI is InChI=1S/C29H29BFN.C5H10O2.Pt/c1-18-14-20(3)27(21(4)15-18)30(28-22(5)16-19(2)17-23(28)6)25-11-9-10-24(29(25)31)26-12-7-8-13-32-26;1-4(6)3-5(2)7;/h7-17H,1-6H3;4,6H,3H2,1-2H3;/q;;+2. The first-order valence-electron chi connectivity index (χ1n) is 13.4. The van der Waals surface area contributed by atoms with E-state index in [-0.39, 0.29) is 45.8 Å². The third kappa shape index (κ3) is 8.08. The first-order valence-corrected chi connectivity index (χ1v) is 13.4. The van der Waals surface area contributed by atoms with Gasteiger partial charge >= 0.3 is 21.1 Å². The molecule has 0 saturated carbocycles. The summed E-state index contributed by atoms with van der Waals surface area (Å²) in [6.07, 6.45) is 1.51. The van der Waals surface area contributed by atoms with Crippen molar-refractivity contribution < 1.29 is 35.4 Å². The van der Waals surface area contributed by atoms with E-state index in [2.05, 4.69) is 70.8 Å². The first-order chi connectivity index (χ1) is 18.4. The summed E-state index contributed by atoms with van der Waals surface area (Å²) in [5, 5.41) is 8.50. The van der Waals surface area contributed by atoms with Gasteiger partial charge in [0.2, 0.25) is 6.71 Å². The number of rotatable bonds is 6. The van der Waals surface area contributed by atoms with Crippen molar-refractivity contribution in [3.8, 4) is 11.3 Å². The largest absolute Gasteiger partial charge is 2.00 e. The van der Waals surface area contributed by atoms with Crippen LogP contribution in [0, 0.1) is 47.4 Å². The molecule has 0 radical (unpaired) electrons. The Morgan fingerprint density at radius 2 is 1.35 bits per heavy atom. The van der Waals surface area contributed by atoms with Crippen molar-refractivity contribution in [3.63, 3.8) is 0 Å². The van der Waals surface area contributed by atoms with E-state index in [0.717, 1.165) is 0 Å². The van der Waals surface area contributed by atoms with E-state index in [1.165, 1.54) is 51.2 Å². The third-order valence-electron chi connectivity index (χ3n) is 6.92. The maximum atomic E-state index is 16.2. The molecule has 0 aliphatic rings. The number of hydrogen-bond donors (Lipinski definition) is 1. The zero-order chi connectivity index (χ0) is 28.9. The molecule has 1 unspecified atom stereocenters. The van der Waals surface area contributed by atoms with Crippen molar-refractivity contribution in [1.29, 1.82) is 0 Å². The van der Waals surface area contributed by atoms with Crippen LogP contribution in [0.3, 0.4) is 0 Å². The number of aryl methyl sites for hydroxylation is 6.